The maximum absolute atomic E-state index is 11.8. The van der Waals surface area contributed by atoms with Crippen LogP contribution >= 0.6 is 12.4 Å². The topological polar surface area (TPSA) is 110 Å². The lowest BCUT2D eigenvalue weighted by atomic mass is 10.1. The minimum absolute atomic E-state index is 0. The number of carbonyl (C=O) groups excluding carboxylic acids is 2. The maximum Gasteiger partial charge on any atom is 0.312 e. The maximum atomic E-state index is 11.8. The first-order valence-corrected chi connectivity index (χ1v) is 6.15. The number of halogens is 1. The van der Waals surface area contributed by atoms with Crippen molar-refractivity contribution in [3.05, 3.63) is 35.4 Å². The summed E-state index contributed by atoms with van der Waals surface area (Å²) in [6, 6.07) is 6.46. The molecular weight excluding hydrogens is 280 g/mol. The molecule has 0 radical (unpaired) electrons. The zero-order chi connectivity index (χ0) is 14.3. The molecule has 20 heavy (non-hydrogen) atoms. The number of nitrogens with one attached hydrogen (secondary N) is 2. The van der Waals surface area contributed by atoms with Crippen molar-refractivity contribution in [1.29, 1.82) is 0 Å². The van der Waals surface area contributed by atoms with Gasteiger partial charge in [0.25, 0.3) is 5.91 Å². The van der Waals surface area contributed by atoms with E-state index in [0.717, 1.165) is 12.0 Å². The van der Waals surface area contributed by atoms with Crippen LogP contribution in [0.15, 0.2) is 24.3 Å². The lowest BCUT2D eigenvalue weighted by Crippen LogP contribution is -2.29. The fraction of sp³-hybridized carbons (Fsp3) is 0.385. The number of carbonyl (C=O) groups is 2. The van der Waals surface area contributed by atoms with Crippen LogP contribution < -0.4 is 22.1 Å². The van der Waals surface area contributed by atoms with E-state index in [-0.39, 0.29) is 24.4 Å². The lowest BCUT2D eigenvalue weighted by Gasteiger charge is -2.08. The number of rotatable bonds is 6. The van der Waals surface area contributed by atoms with E-state index in [9.17, 15) is 9.59 Å². The van der Waals surface area contributed by atoms with Gasteiger partial charge in [0.05, 0.1) is 0 Å². The van der Waals surface area contributed by atoms with E-state index in [1.807, 2.05) is 6.92 Å². The third-order valence-corrected chi connectivity index (χ3v) is 2.57. The van der Waals surface area contributed by atoms with Crippen LogP contribution in [0.5, 0.6) is 0 Å². The molecule has 0 bridgehead atoms. The summed E-state index contributed by atoms with van der Waals surface area (Å²) in [5, 5.41) is 5.27. The van der Waals surface area contributed by atoms with E-state index in [0.29, 0.717) is 18.7 Å². The number of benzene rings is 1. The van der Waals surface area contributed by atoms with Gasteiger partial charge in [0.15, 0.2) is 0 Å². The summed E-state index contributed by atoms with van der Waals surface area (Å²) >= 11 is 0. The van der Waals surface area contributed by atoms with Gasteiger partial charge in [-0.1, -0.05) is 12.1 Å². The molecule has 0 aromatic heterocycles. The number of hydrogen-bond donors (Lipinski definition) is 4. The number of primary amides is 1. The molecule has 0 aliphatic heterocycles. The van der Waals surface area contributed by atoms with Gasteiger partial charge in [-0.15, -0.1) is 12.4 Å². The van der Waals surface area contributed by atoms with Crippen LogP contribution in [0.3, 0.4) is 0 Å². The van der Waals surface area contributed by atoms with Gasteiger partial charge in [0.2, 0.25) is 0 Å². The summed E-state index contributed by atoms with van der Waals surface area (Å²) in [4.78, 5) is 22.3. The minimum atomic E-state index is -0.572. The van der Waals surface area contributed by atoms with Gasteiger partial charge in [-0.3, -0.25) is 4.79 Å². The van der Waals surface area contributed by atoms with Crippen molar-refractivity contribution in [1.82, 2.24) is 10.6 Å². The summed E-state index contributed by atoms with van der Waals surface area (Å²) in [7, 11) is 0. The Morgan fingerprint density at radius 3 is 2.30 bits per heavy atom. The molecular formula is C13H21ClN4O2. The predicted molar refractivity (Wildman–Crippen MR) is 80.7 cm³/mol. The molecule has 6 N–H and O–H groups in total. The van der Waals surface area contributed by atoms with Gasteiger partial charge in [0, 0.05) is 24.7 Å². The summed E-state index contributed by atoms with van der Waals surface area (Å²) in [6.45, 7) is 2.80. The molecule has 6 nitrogen and oxygen atoms in total. The predicted octanol–water partition coefficient (Wildman–Crippen LogP) is 0.744. The Bertz CT molecular complexity index is 435. The highest BCUT2D eigenvalue weighted by atomic mass is 35.5. The van der Waals surface area contributed by atoms with Gasteiger partial charge in [0.1, 0.15) is 0 Å². The minimum Gasteiger partial charge on any atom is -0.352 e. The molecule has 0 aliphatic carbocycles. The van der Waals surface area contributed by atoms with E-state index < -0.39 is 6.03 Å². The molecule has 0 aliphatic rings. The normalized spacial score (nSPS) is 11.1. The summed E-state index contributed by atoms with van der Waals surface area (Å²) in [6.07, 6.45) is 0.742. The first kappa shape index (κ1) is 18.2. The van der Waals surface area contributed by atoms with Crippen molar-refractivity contribution in [2.75, 3.05) is 6.54 Å². The molecule has 0 fully saturated rings. The molecule has 0 heterocycles. The highest BCUT2D eigenvalue weighted by Crippen LogP contribution is 2.04. The zero-order valence-corrected chi connectivity index (χ0v) is 12.2. The third-order valence-electron chi connectivity index (χ3n) is 2.57. The molecule has 0 saturated carbocycles. The molecule has 112 valence electrons. The fourth-order valence-corrected chi connectivity index (χ4v) is 1.48. The highest BCUT2D eigenvalue weighted by molar-refractivity contribution is 5.94. The quantitative estimate of drug-likeness (QED) is 0.622. The van der Waals surface area contributed by atoms with Crippen LogP contribution in [0, 0.1) is 0 Å². The molecule has 0 saturated heterocycles. The summed E-state index contributed by atoms with van der Waals surface area (Å²) in [5.74, 6) is -0.130. The molecule has 7 heteroatoms. The molecule has 1 aromatic carbocycles. The van der Waals surface area contributed by atoms with E-state index in [1.54, 1.807) is 24.3 Å². The third kappa shape index (κ3) is 6.96. The Morgan fingerprint density at radius 2 is 1.80 bits per heavy atom. The fourth-order valence-electron chi connectivity index (χ4n) is 1.48. The average Bonchev–Trinajstić information content (AvgIpc) is 2.36. The lowest BCUT2D eigenvalue weighted by molar-refractivity contribution is 0.0952. The monoisotopic (exact) mass is 300 g/mol. The van der Waals surface area contributed by atoms with Crippen molar-refractivity contribution in [3.63, 3.8) is 0 Å². The molecule has 1 atom stereocenters. The Hall–Kier alpha value is -1.79. The van der Waals surface area contributed by atoms with Crippen LogP contribution in [0.25, 0.3) is 0 Å². The Labute approximate surface area is 124 Å². The van der Waals surface area contributed by atoms with Crippen molar-refractivity contribution >= 4 is 24.3 Å². The van der Waals surface area contributed by atoms with Crippen LogP contribution in [-0.2, 0) is 6.54 Å². The zero-order valence-electron chi connectivity index (χ0n) is 11.4. The first-order chi connectivity index (χ1) is 8.99. The Balaban J connectivity index is 0.00000361. The number of amides is 3. The smallest absolute Gasteiger partial charge is 0.312 e. The van der Waals surface area contributed by atoms with Gasteiger partial charge >= 0.3 is 6.03 Å². The van der Waals surface area contributed by atoms with Crippen molar-refractivity contribution in [3.8, 4) is 0 Å². The molecule has 3 amide bonds. The SMILES string of the molecule is CC(N)CCNC(=O)c1ccc(CNC(N)=O)cc1.Cl. The van der Waals surface area contributed by atoms with Gasteiger partial charge in [-0.25, -0.2) is 4.79 Å². The van der Waals surface area contributed by atoms with Gasteiger partial charge < -0.3 is 22.1 Å². The van der Waals surface area contributed by atoms with Crippen LogP contribution in [-0.4, -0.2) is 24.5 Å². The Morgan fingerprint density at radius 1 is 1.20 bits per heavy atom. The standard InChI is InChI=1S/C13H20N4O2.ClH/c1-9(14)6-7-16-12(18)11-4-2-10(3-5-11)8-17-13(15)19;/h2-5,9H,6-8,14H2,1H3,(H,16,18)(H3,15,17,19);1H. The Kier molecular flexibility index (Phi) is 8.35. The van der Waals surface area contributed by atoms with Crippen molar-refractivity contribution in [2.45, 2.75) is 25.9 Å². The first-order valence-electron chi connectivity index (χ1n) is 6.15. The second-order valence-electron chi connectivity index (χ2n) is 4.44. The van der Waals surface area contributed by atoms with Gasteiger partial charge in [-0.2, -0.15) is 0 Å². The van der Waals surface area contributed by atoms with Gasteiger partial charge in [-0.05, 0) is 31.0 Å². The van der Waals surface area contributed by atoms with Crippen LogP contribution in [0.1, 0.15) is 29.3 Å². The van der Waals surface area contributed by atoms with Crippen LogP contribution in [0.2, 0.25) is 0 Å². The molecule has 1 aromatic rings. The van der Waals surface area contributed by atoms with E-state index in [1.165, 1.54) is 0 Å². The number of hydrogen-bond acceptors (Lipinski definition) is 3. The van der Waals surface area contributed by atoms with E-state index in [4.69, 9.17) is 11.5 Å². The number of nitrogens with two attached hydrogens (primary N) is 2. The van der Waals surface area contributed by atoms with Crippen LogP contribution in [0.4, 0.5) is 4.79 Å². The molecule has 0 spiro atoms. The second-order valence-corrected chi connectivity index (χ2v) is 4.44. The second kappa shape index (κ2) is 9.17. The average molecular weight is 301 g/mol. The molecule has 1 unspecified atom stereocenters. The van der Waals surface area contributed by atoms with Crippen molar-refractivity contribution < 1.29 is 9.59 Å². The van der Waals surface area contributed by atoms with Crippen molar-refractivity contribution in [2.24, 2.45) is 11.5 Å². The van der Waals surface area contributed by atoms with E-state index >= 15 is 0 Å². The van der Waals surface area contributed by atoms with E-state index in [2.05, 4.69) is 10.6 Å². The summed E-state index contributed by atoms with van der Waals surface area (Å²) in [5.41, 5.74) is 12.0. The highest BCUT2D eigenvalue weighted by Gasteiger charge is 2.05. The molecule has 1 rings (SSSR count). The largest absolute Gasteiger partial charge is 0.352 e. The summed E-state index contributed by atoms with van der Waals surface area (Å²) < 4.78 is 0. The number of urea groups is 1.